The van der Waals surface area contributed by atoms with Gasteiger partial charge in [0.05, 0.1) is 36.6 Å². The molecule has 0 saturated carbocycles. The number of para-hydroxylation sites is 1. The predicted molar refractivity (Wildman–Crippen MR) is 143 cm³/mol. The van der Waals surface area contributed by atoms with Crippen molar-refractivity contribution in [2.75, 3.05) is 20.8 Å². The molecule has 1 aliphatic heterocycles. The molecule has 0 amide bonds. The van der Waals surface area contributed by atoms with Crippen LogP contribution in [0, 0.1) is 0 Å². The number of carbonyl (C=O) groups excluding carboxylic acids is 1. The van der Waals surface area contributed by atoms with Crippen molar-refractivity contribution in [2.45, 2.75) is 32.7 Å². The highest BCUT2D eigenvalue weighted by atomic mass is 79.9. The molecular weight excluding hydrogens is 544 g/mol. The van der Waals surface area contributed by atoms with Gasteiger partial charge in [-0.05, 0) is 43.7 Å². The van der Waals surface area contributed by atoms with Crippen molar-refractivity contribution in [2.24, 2.45) is 4.99 Å². The smallest absolute Gasteiger partial charge is 0.338 e. The second-order valence-electron chi connectivity index (χ2n) is 8.04. The summed E-state index contributed by atoms with van der Waals surface area (Å²) in [5.74, 6) is 0.727. The van der Waals surface area contributed by atoms with E-state index in [-0.39, 0.29) is 12.2 Å². The third-order valence-corrected chi connectivity index (χ3v) is 7.28. The summed E-state index contributed by atoms with van der Waals surface area (Å²) >= 11 is 4.82. The summed E-state index contributed by atoms with van der Waals surface area (Å²) in [5.41, 5.74) is 2.16. The molecule has 0 N–H and O–H groups in total. The Bertz CT molecular complexity index is 1510. The summed E-state index contributed by atoms with van der Waals surface area (Å²) in [6.45, 7) is 3.99. The van der Waals surface area contributed by atoms with E-state index < -0.39 is 12.0 Å². The van der Waals surface area contributed by atoms with Crippen molar-refractivity contribution < 1.29 is 19.0 Å². The number of benzene rings is 2. The summed E-state index contributed by atoms with van der Waals surface area (Å²) in [7, 11) is 3.16. The Morgan fingerprint density at radius 1 is 1.14 bits per heavy atom. The molecule has 0 aliphatic carbocycles. The molecular formula is C27H27BrN2O5S. The molecule has 9 heteroatoms. The number of hydrogen-bond donors (Lipinski definition) is 0. The molecule has 0 bridgehead atoms. The van der Waals surface area contributed by atoms with Crippen LogP contribution in [0.3, 0.4) is 0 Å². The van der Waals surface area contributed by atoms with Gasteiger partial charge < -0.3 is 14.2 Å². The summed E-state index contributed by atoms with van der Waals surface area (Å²) < 4.78 is 19.4. The van der Waals surface area contributed by atoms with Crippen LogP contribution in [0.1, 0.15) is 43.9 Å². The molecule has 2 heterocycles. The lowest BCUT2D eigenvalue weighted by Crippen LogP contribution is -2.40. The molecule has 188 valence electrons. The molecule has 1 aromatic heterocycles. The normalized spacial score (nSPS) is 15.4. The summed E-state index contributed by atoms with van der Waals surface area (Å²) in [4.78, 5) is 32.5. The number of halogens is 1. The molecule has 7 nitrogen and oxygen atoms in total. The zero-order valence-electron chi connectivity index (χ0n) is 20.5. The van der Waals surface area contributed by atoms with Gasteiger partial charge in [-0.3, -0.25) is 9.36 Å². The third kappa shape index (κ3) is 4.90. The van der Waals surface area contributed by atoms with Gasteiger partial charge in [0.15, 0.2) is 4.80 Å². The van der Waals surface area contributed by atoms with Gasteiger partial charge in [0.25, 0.3) is 5.56 Å². The number of allylic oxidation sites excluding steroid dienone is 1. The lowest BCUT2D eigenvalue weighted by molar-refractivity contribution is -0.139. The van der Waals surface area contributed by atoms with Crippen molar-refractivity contribution in [3.8, 4) is 11.5 Å². The number of thiazole rings is 1. The Morgan fingerprint density at radius 2 is 1.89 bits per heavy atom. The van der Waals surface area contributed by atoms with Crippen LogP contribution >= 0.6 is 27.3 Å². The van der Waals surface area contributed by atoms with E-state index in [0.717, 1.165) is 16.5 Å². The van der Waals surface area contributed by atoms with Crippen LogP contribution in [0.15, 0.2) is 68.0 Å². The maximum absolute atomic E-state index is 13.9. The minimum Gasteiger partial charge on any atom is -0.496 e. The number of aromatic nitrogens is 1. The van der Waals surface area contributed by atoms with Crippen molar-refractivity contribution in [3.05, 3.63) is 89.0 Å². The van der Waals surface area contributed by atoms with E-state index in [1.54, 1.807) is 31.8 Å². The van der Waals surface area contributed by atoms with Crippen LogP contribution in [0.25, 0.3) is 6.08 Å². The van der Waals surface area contributed by atoms with Gasteiger partial charge >= 0.3 is 5.97 Å². The number of ether oxygens (including phenoxy) is 3. The van der Waals surface area contributed by atoms with Crippen LogP contribution in [0.2, 0.25) is 0 Å². The fourth-order valence-corrected chi connectivity index (χ4v) is 5.65. The number of methoxy groups -OCH3 is 2. The van der Waals surface area contributed by atoms with E-state index in [9.17, 15) is 9.59 Å². The van der Waals surface area contributed by atoms with Gasteiger partial charge in [-0.2, -0.15) is 0 Å². The van der Waals surface area contributed by atoms with Crippen LogP contribution < -0.4 is 24.4 Å². The van der Waals surface area contributed by atoms with Crippen molar-refractivity contribution in [1.82, 2.24) is 4.57 Å². The third-order valence-electron chi connectivity index (χ3n) is 5.80. The van der Waals surface area contributed by atoms with Gasteiger partial charge in [0.2, 0.25) is 0 Å². The van der Waals surface area contributed by atoms with E-state index >= 15 is 0 Å². The molecule has 3 aromatic rings. The summed E-state index contributed by atoms with van der Waals surface area (Å²) in [5, 5.41) is 0. The summed E-state index contributed by atoms with van der Waals surface area (Å²) in [6, 6.07) is 12.3. The number of carbonyl (C=O) groups is 1. The first-order valence-corrected chi connectivity index (χ1v) is 13.2. The second kappa shape index (κ2) is 11.3. The van der Waals surface area contributed by atoms with Gasteiger partial charge in [-0.25, -0.2) is 9.79 Å². The molecule has 2 aromatic carbocycles. The molecule has 1 atom stereocenters. The Hall–Kier alpha value is -3.17. The van der Waals surface area contributed by atoms with E-state index in [2.05, 4.69) is 15.9 Å². The minimum absolute atomic E-state index is 0.211. The van der Waals surface area contributed by atoms with Gasteiger partial charge in [-0.1, -0.05) is 58.8 Å². The summed E-state index contributed by atoms with van der Waals surface area (Å²) in [6.07, 6.45) is 3.14. The minimum atomic E-state index is -0.755. The Balaban J connectivity index is 2.06. The van der Waals surface area contributed by atoms with E-state index in [4.69, 9.17) is 19.2 Å². The molecule has 4 rings (SSSR count). The molecule has 0 unspecified atom stereocenters. The van der Waals surface area contributed by atoms with E-state index in [1.165, 1.54) is 11.3 Å². The first kappa shape index (κ1) is 25.9. The van der Waals surface area contributed by atoms with Crippen molar-refractivity contribution in [3.63, 3.8) is 0 Å². The van der Waals surface area contributed by atoms with Crippen LogP contribution in [0.5, 0.6) is 11.5 Å². The number of rotatable bonds is 8. The second-order valence-corrected chi connectivity index (χ2v) is 9.97. The first-order valence-electron chi connectivity index (χ1n) is 11.6. The Labute approximate surface area is 221 Å². The fraction of sp³-hybridized carbons (Fsp3) is 0.296. The topological polar surface area (TPSA) is 79.1 Å². The molecule has 1 aliphatic rings. The molecule has 36 heavy (non-hydrogen) atoms. The first-order chi connectivity index (χ1) is 17.4. The van der Waals surface area contributed by atoms with Gasteiger partial charge in [0.1, 0.15) is 17.5 Å². The zero-order valence-corrected chi connectivity index (χ0v) is 22.9. The average molecular weight is 571 g/mol. The van der Waals surface area contributed by atoms with Crippen LogP contribution in [-0.4, -0.2) is 31.4 Å². The van der Waals surface area contributed by atoms with Crippen molar-refractivity contribution >= 4 is 39.3 Å². The lowest BCUT2D eigenvalue weighted by Gasteiger charge is -2.27. The fourth-order valence-electron chi connectivity index (χ4n) is 4.26. The maximum Gasteiger partial charge on any atom is 0.338 e. The molecule has 0 saturated heterocycles. The number of hydrogen-bond acceptors (Lipinski definition) is 7. The quantitative estimate of drug-likeness (QED) is 0.376. The number of esters is 1. The maximum atomic E-state index is 13.9. The largest absolute Gasteiger partial charge is 0.496 e. The van der Waals surface area contributed by atoms with Gasteiger partial charge in [-0.15, -0.1) is 0 Å². The SMILES string of the molecule is CCCC1=C(C(=O)OCC)[C@H](c2cc(Br)ccc2OC)n2c(s/c(=C/c3ccccc3OC)c2=O)=N1. The lowest BCUT2D eigenvalue weighted by atomic mass is 9.93. The Kier molecular flexibility index (Phi) is 8.11. The monoisotopic (exact) mass is 570 g/mol. The van der Waals surface area contributed by atoms with Gasteiger partial charge in [0, 0.05) is 15.6 Å². The Morgan fingerprint density at radius 3 is 2.58 bits per heavy atom. The molecule has 0 fully saturated rings. The molecule has 0 spiro atoms. The number of fused-ring (bicyclic) bond motifs is 1. The predicted octanol–water partition coefficient (Wildman–Crippen LogP) is 4.36. The molecule has 0 radical (unpaired) electrons. The number of nitrogens with zero attached hydrogens (tertiary/aromatic N) is 2. The van der Waals surface area contributed by atoms with Crippen molar-refractivity contribution in [1.29, 1.82) is 0 Å². The zero-order chi connectivity index (χ0) is 25.8. The van der Waals surface area contributed by atoms with Crippen LogP contribution in [-0.2, 0) is 9.53 Å². The highest BCUT2D eigenvalue weighted by Gasteiger charge is 2.36. The highest BCUT2D eigenvalue weighted by Crippen LogP contribution is 2.38. The standard InChI is InChI=1S/C27H27BrN2O5S/c1-5-9-19-23(26(32)35-6-2)24(18-15-17(28)12-13-21(18)34-4)30-25(31)22(36-27(30)29-19)14-16-10-7-8-11-20(16)33-3/h7-8,10-15,24H,5-6,9H2,1-4H3/b22-14+/t24-/m0/s1. The van der Waals surface area contributed by atoms with E-state index in [0.29, 0.717) is 44.1 Å². The highest BCUT2D eigenvalue weighted by molar-refractivity contribution is 9.10. The van der Waals surface area contributed by atoms with Crippen LogP contribution in [0.4, 0.5) is 0 Å². The average Bonchev–Trinajstić information content (AvgIpc) is 3.18. The van der Waals surface area contributed by atoms with E-state index in [1.807, 2.05) is 49.4 Å².